The van der Waals surface area contributed by atoms with E-state index in [1.165, 1.54) is 5.56 Å². The van der Waals surface area contributed by atoms with Crippen LogP contribution in [-0.2, 0) is 16.1 Å². The van der Waals surface area contributed by atoms with Gasteiger partial charge in [0.1, 0.15) is 5.75 Å². The van der Waals surface area contributed by atoms with Crippen molar-refractivity contribution in [2.45, 2.75) is 25.8 Å². The zero-order chi connectivity index (χ0) is 16.8. The lowest BCUT2D eigenvalue weighted by molar-refractivity contribution is -0.136. The number of piperidine rings is 1. The van der Waals surface area contributed by atoms with Crippen molar-refractivity contribution in [1.29, 1.82) is 0 Å². The van der Waals surface area contributed by atoms with E-state index in [1.807, 2.05) is 17.0 Å². The first-order chi connectivity index (χ1) is 11.7. The molecular weight excluding hydrogens is 304 g/mol. The number of likely N-dealkylation sites (tertiary alicyclic amines) is 1. The van der Waals surface area contributed by atoms with Gasteiger partial charge in [0, 0.05) is 26.1 Å². The minimum absolute atomic E-state index is 0.312. The second-order valence-electron chi connectivity index (χ2n) is 6.76. The maximum absolute atomic E-state index is 12.3. The molecule has 2 fully saturated rings. The first-order valence-electron chi connectivity index (χ1n) is 8.95. The second-order valence-corrected chi connectivity index (χ2v) is 6.76. The van der Waals surface area contributed by atoms with Crippen LogP contribution in [0.4, 0.5) is 0 Å². The normalized spacial score (nSPS) is 20.1. The van der Waals surface area contributed by atoms with E-state index in [0.29, 0.717) is 31.5 Å². The predicted molar refractivity (Wildman–Crippen MR) is 93.0 cm³/mol. The smallest absolute Gasteiger partial charge is 0.223 e. The van der Waals surface area contributed by atoms with E-state index in [0.717, 1.165) is 51.3 Å². The number of methoxy groups -OCH3 is 1. The highest BCUT2D eigenvalue weighted by molar-refractivity contribution is 5.76. The third-order valence-corrected chi connectivity index (χ3v) is 5.10. The summed E-state index contributed by atoms with van der Waals surface area (Å²) in [6.07, 6.45) is 2.94. The van der Waals surface area contributed by atoms with Crippen LogP contribution in [0.15, 0.2) is 24.3 Å². The van der Waals surface area contributed by atoms with Gasteiger partial charge in [-0.25, -0.2) is 0 Å². The molecule has 132 valence electrons. The molecule has 0 unspecified atom stereocenters. The van der Waals surface area contributed by atoms with Gasteiger partial charge in [0.25, 0.3) is 0 Å². The Hall–Kier alpha value is -1.59. The van der Waals surface area contributed by atoms with E-state index in [-0.39, 0.29) is 0 Å². The lowest BCUT2D eigenvalue weighted by Gasteiger charge is -2.33. The predicted octanol–water partition coefficient (Wildman–Crippen LogP) is 2.16. The van der Waals surface area contributed by atoms with Gasteiger partial charge in [0.05, 0.1) is 20.3 Å². The molecule has 5 nitrogen and oxygen atoms in total. The van der Waals surface area contributed by atoms with Crippen LogP contribution in [0.3, 0.4) is 0 Å². The molecule has 0 spiro atoms. The molecule has 2 aliphatic heterocycles. The van der Waals surface area contributed by atoms with E-state index >= 15 is 0 Å². The Morgan fingerprint density at radius 2 is 1.79 bits per heavy atom. The van der Waals surface area contributed by atoms with Crippen molar-refractivity contribution in [3.63, 3.8) is 0 Å². The molecule has 5 heteroatoms. The summed E-state index contributed by atoms with van der Waals surface area (Å²) in [5.74, 6) is 1.75. The standard InChI is InChI=1S/C19H28N2O3/c1-23-18-4-2-17(3-5-18)15-20-8-6-16(7-9-20)14-19(22)21-10-12-24-13-11-21/h2-5,16H,6-15H2,1H3. The highest BCUT2D eigenvalue weighted by Crippen LogP contribution is 2.23. The molecule has 0 N–H and O–H groups in total. The number of rotatable bonds is 5. The Kier molecular flexibility index (Phi) is 6.10. The number of nitrogens with zero attached hydrogens (tertiary/aromatic N) is 2. The number of amides is 1. The van der Waals surface area contributed by atoms with Gasteiger partial charge in [-0.1, -0.05) is 12.1 Å². The molecule has 1 aromatic rings. The Bertz CT molecular complexity index is 518. The largest absolute Gasteiger partial charge is 0.497 e. The van der Waals surface area contributed by atoms with Crippen molar-refractivity contribution < 1.29 is 14.3 Å². The highest BCUT2D eigenvalue weighted by atomic mass is 16.5. The Morgan fingerprint density at radius 1 is 1.12 bits per heavy atom. The summed E-state index contributed by atoms with van der Waals surface area (Å²) in [6, 6.07) is 8.30. The van der Waals surface area contributed by atoms with Crippen LogP contribution in [0.25, 0.3) is 0 Å². The van der Waals surface area contributed by atoms with Gasteiger partial charge < -0.3 is 14.4 Å². The van der Waals surface area contributed by atoms with E-state index in [2.05, 4.69) is 17.0 Å². The van der Waals surface area contributed by atoms with Gasteiger partial charge in [-0.15, -0.1) is 0 Å². The minimum atomic E-state index is 0.312. The molecular formula is C19H28N2O3. The van der Waals surface area contributed by atoms with Crippen LogP contribution in [0, 0.1) is 5.92 Å². The Balaban J connectivity index is 1.41. The lowest BCUT2D eigenvalue weighted by atomic mass is 9.92. The fraction of sp³-hybridized carbons (Fsp3) is 0.632. The molecule has 1 amide bonds. The molecule has 24 heavy (non-hydrogen) atoms. The van der Waals surface area contributed by atoms with Crippen LogP contribution >= 0.6 is 0 Å². The van der Waals surface area contributed by atoms with Crippen LogP contribution in [-0.4, -0.2) is 62.2 Å². The molecule has 2 heterocycles. The fourth-order valence-corrected chi connectivity index (χ4v) is 3.53. The average molecular weight is 332 g/mol. The summed E-state index contributed by atoms with van der Waals surface area (Å²) in [5, 5.41) is 0. The van der Waals surface area contributed by atoms with Gasteiger partial charge in [0.2, 0.25) is 5.91 Å². The maximum Gasteiger partial charge on any atom is 0.223 e. The van der Waals surface area contributed by atoms with Gasteiger partial charge in [-0.05, 0) is 49.5 Å². The monoisotopic (exact) mass is 332 g/mol. The number of morpholine rings is 1. The van der Waals surface area contributed by atoms with Crippen LogP contribution < -0.4 is 4.74 Å². The third-order valence-electron chi connectivity index (χ3n) is 5.10. The molecule has 3 rings (SSSR count). The van der Waals surface area contributed by atoms with Gasteiger partial charge >= 0.3 is 0 Å². The Morgan fingerprint density at radius 3 is 2.42 bits per heavy atom. The van der Waals surface area contributed by atoms with Gasteiger partial charge in [-0.2, -0.15) is 0 Å². The Labute approximate surface area is 144 Å². The number of ether oxygens (including phenoxy) is 2. The summed E-state index contributed by atoms with van der Waals surface area (Å²) < 4.78 is 10.5. The molecule has 0 atom stereocenters. The number of carbonyl (C=O) groups is 1. The molecule has 2 saturated heterocycles. The van der Waals surface area contributed by atoms with Crippen molar-refractivity contribution in [3.05, 3.63) is 29.8 Å². The summed E-state index contributed by atoms with van der Waals surface area (Å²) in [7, 11) is 1.69. The second kappa shape index (κ2) is 8.49. The van der Waals surface area contributed by atoms with Crippen molar-refractivity contribution in [2.75, 3.05) is 46.5 Å². The molecule has 0 saturated carbocycles. The number of hydrogen-bond donors (Lipinski definition) is 0. The van der Waals surface area contributed by atoms with Crippen molar-refractivity contribution in [2.24, 2.45) is 5.92 Å². The minimum Gasteiger partial charge on any atom is -0.497 e. The summed E-state index contributed by atoms with van der Waals surface area (Å²) >= 11 is 0. The molecule has 1 aromatic carbocycles. The SMILES string of the molecule is COc1ccc(CN2CCC(CC(=O)N3CCOCC3)CC2)cc1. The van der Waals surface area contributed by atoms with Crippen molar-refractivity contribution >= 4 is 5.91 Å². The van der Waals surface area contributed by atoms with E-state index in [1.54, 1.807) is 7.11 Å². The van der Waals surface area contributed by atoms with E-state index in [4.69, 9.17) is 9.47 Å². The fourth-order valence-electron chi connectivity index (χ4n) is 3.53. The van der Waals surface area contributed by atoms with Crippen LogP contribution in [0.5, 0.6) is 5.75 Å². The first-order valence-corrected chi connectivity index (χ1v) is 8.95. The third kappa shape index (κ3) is 4.71. The first kappa shape index (κ1) is 17.2. The summed E-state index contributed by atoms with van der Waals surface area (Å²) in [6.45, 7) is 6.02. The average Bonchev–Trinajstić information content (AvgIpc) is 2.65. The number of hydrogen-bond acceptors (Lipinski definition) is 4. The maximum atomic E-state index is 12.3. The highest BCUT2D eigenvalue weighted by Gasteiger charge is 2.24. The van der Waals surface area contributed by atoms with E-state index in [9.17, 15) is 4.79 Å². The van der Waals surface area contributed by atoms with Crippen molar-refractivity contribution in [1.82, 2.24) is 9.80 Å². The van der Waals surface area contributed by atoms with Crippen LogP contribution in [0.1, 0.15) is 24.8 Å². The van der Waals surface area contributed by atoms with E-state index < -0.39 is 0 Å². The number of benzene rings is 1. The molecule has 2 aliphatic rings. The molecule has 0 aliphatic carbocycles. The van der Waals surface area contributed by atoms with Crippen LogP contribution in [0.2, 0.25) is 0 Å². The lowest BCUT2D eigenvalue weighted by Crippen LogP contribution is -2.42. The zero-order valence-electron chi connectivity index (χ0n) is 14.6. The van der Waals surface area contributed by atoms with Gasteiger partial charge in [0.15, 0.2) is 0 Å². The molecule has 0 bridgehead atoms. The molecule has 0 aromatic heterocycles. The summed E-state index contributed by atoms with van der Waals surface area (Å²) in [5.41, 5.74) is 1.32. The topological polar surface area (TPSA) is 42.0 Å². The molecule has 0 radical (unpaired) electrons. The summed E-state index contributed by atoms with van der Waals surface area (Å²) in [4.78, 5) is 16.8. The van der Waals surface area contributed by atoms with Crippen molar-refractivity contribution in [3.8, 4) is 5.75 Å². The number of carbonyl (C=O) groups excluding carboxylic acids is 1. The van der Waals surface area contributed by atoms with Gasteiger partial charge in [-0.3, -0.25) is 9.69 Å². The quantitative estimate of drug-likeness (QED) is 0.829. The zero-order valence-corrected chi connectivity index (χ0v) is 14.6.